The van der Waals surface area contributed by atoms with Gasteiger partial charge in [-0.15, -0.1) is 0 Å². The first kappa shape index (κ1) is 43.4. The van der Waals surface area contributed by atoms with E-state index in [0.29, 0.717) is 11.8 Å². The summed E-state index contributed by atoms with van der Waals surface area (Å²) >= 11 is 0. The van der Waals surface area contributed by atoms with Crippen LogP contribution in [-0.2, 0) is 9.59 Å². The molecule has 282 valence electrons. The highest BCUT2D eigenvalue weighted by Gasteiger charge is 2.54. The fourth-order valence-electron chi connectivity index (χ4n) is 7.27. The number of likely N-dealkylation sites (tertiary alicyclic amines) is 2. The van der Waals surface area contributed by atoms with Crippen molar-refractivity contribution in [3.8, 4) is 23.1 Å². The fraction of sp³-hybridized carbons (Fsp3) is 0.500. The van der Waals surface area contributed by atoms with Gasteiger partial charge >= 0.3 is 0 Å². The predicted molar refractivity (Wildman–Crippen MR) is 230 cm³/mol. The summed E-state index contributed by atoms with van der Waals surface area (Å²) in [5.41, 5.74) is 5.94. The van der Waals surface area contributed by atoms with Crippen molar-refractivity contribution in [1.29, 1.82) is 0 Å². The highest BCUT2D eigenvalue weighted by molar-refractivity contribution is 7.59. The maximum Gasteiger partial charge on any atom is 0.226 e. The minimum Gasteiger partial charge on any atom is -0.340 e. The highest BCUT2D eigenvalue weighted by atomic mass is 32.1. The first-order chi connectivity index (χ1) is 23.0. The molecule has 2 amide bonds. The van der Waals surface area contributed by atoms with Crippen LogP contribution in [0.1, 0.15) is 109 Å². The second-order valence-electron chi connectivity index (χ2n) is 15.3. The SMILES string of the molecule is CC(C)[C@H](C)C(=O)N1CCC[C@H]1c1ncc(-c2ccc(C#Cc3ccc4nc([C@@H]5CC6(CC6)CN5C(=O)[C@@H](C)C(C)C)[nH]c4c3)cc2)[nH]1.S.S.S.S. The Hall–Kier alpha value is -2.98. The lowest BCUT2D eigenvalue weighted by Gasteiger charge is -2.28. The molecule has 0 radical (unpaired) electrons. The van der Waals surface area contributed by atoms with E-state index in [1.54, 1.807) is 0 Å². The molecule has 12 heteroatoms. The summed E-state index contributed by atoms with van der Waals surface area (Å²) in [6.45, 7) is 14.2. The summed E-state index contributed by atoms with van der Waals surface area (Å²) in [4.78, 5) is 47.4. The van der Waals surface area contributed by atoms with Gasteiger partial charge in [0.25, 0.3) is 0 Å². The second kappa shape index (κ2) is 17.4. The third-order valence-electron chi connectivity index (χ3n) is 11.3. The summed E-state index contributed by atoms with van der Waals surface area (Å²) in [6, 6.07) is 14.3. The Balaban J connectivity index is 0.00000182. The van der Waals surface area contributed by atoms with Crippen molar-refractivity contribution in [3.63, 3.8) is 0 Å². The molecule has 2 N–H and O–H groups in total. The van der Waals surface area contributed by atoms with Crippen molar-refractivity contribution in [2.45, 2.75) is 85.7 Å². The number of carbonyl (C=O) groups excluding carboxylic acids is 2. The molecule has 2 saturated heterocycles. The summed E-state index contributed by atoms with van der Waals surface area (Å²) in [5.74, 6) is 9.46. The topological polar surface area (TPSA) is 98.0 Å². The van der Waals surface area contributed by atoms with Crippen LogP contribution in [0.4, 0.5) is 0 Å². The van der Waals surface area contributed by atoms with Crippen LogP contribution >= 0.6 is 54.0 Å². The molecule has 3 fully saturated rings. The van der Waals surface area contributed by atoms with Gasteiger partial charge in [0.1, 0.15) is 11.6 Å². The van der Waals surface area contributed by atoms with E-state index >= 15 is 0 Å². The van der Waals surface area contributed by atoms with E-state index in [2.05, 4.69) is 79.5 Å². The zero-order chi connectivity index (χ0) is 33.7. The number of nitrogens with one attached hydrogen (secondary N) is 2. The van der Waals surface area contributed by atoms with E-state index in [0.717, 1.165) is 77.4 Å². The molecular formula is C40H56N6O2S4. The molecule has 4 aromatic rings. The number of aromatic nitrogens is 4. The highest BCUT2D eigenvalue weighted by Crippen LogP contribution is 2.58. The van der Waals surface area contributed by atoms with Crippen LogP contribution in [0.5, 0.6) is 0 Å². The number of carbonyl (C=O) groups is 2. The molecule has 2 aliphatic heterocycles. The van der Waals surface area contributed by atoms with Gasteiger partial charge in [0.05, 0.1) is 35.0 Å². The normalized spacial score (nSPS) is 19.6. The third-order valence-corrected chi connectivity index (χ3v) is 11.3. The Morgan fingerprint density at radius 2 is 1.40 bits per heavy atom. The Bertz CT molecular complexity index is 1910. The predicted octanol–water partition coefficient (Wildman–Crippen LogP) is 8.11. The lowest BCUT2D eigenvalue weighted by Crippen LogP contribution is -2.37. The average molecular weight is 781 g/mol. The zero-order valence-corrected chi connectivity index (χ0v) is 35.1. The first-order valence-electron chi connectivity index (χ1n) is 17.8. The van der Waals surface area contributed by atoms with E-state index in [1.165, 1.54) is 12.8 Å². The zero-order valence-electron chi connectivity index (χ0n) is 31.1. The van der Waals surface area contributed by atoms with Gasteiger partial charge in [-0.3, -0.25) is 9.59 Å². The Kier molecular flexibility index (Phi) is 14.6. The molecule has 2 aromatic carbocycles. The number of hydrogen-bond donors (Lipinski definition) is 2. The van der Waals surface area contributed by atoms with E-state index in [-0.39, 0.29) is 95.1 Å². The molecule has 1 aliphatic carbocycles. The smallest absolute Gasteiger partial charge is 0.226 e. The van der Waals surface area contributed by atoms with E-state index in [4.69, 9.17) is 9.97 Å². The van der Waals surface area contributed by atoms with Crippen molar-refractivity contribution in [2.24, 2.45) is 29.1 Å². The van der Waals surface area contributed by atoms with Crippen molar-refractivity contribution in [2.75, 3.05) is 13.1 Å². The van der Waals surface area contributed by atoms with Crippen LogP contribution in [0.15, 0.2) is 48.7 Å². The van der Waals surface area contributed by atoms with Crippen LogP contribution in [0, 0.1) is 40.9 Å². The first-order valence-corrected chi connectivity index (χ1v) is 17.8. The Morgan fingerprint density at radius 1 is 0.788 bits per heavy atom. The third kappa shape index (κ3) is 8.69. The lowest BCUT2D eigenvalue weighted by atomic mass is 9.96. The quantitative estimate of drug-likeness (QED) is 0.185. The summed E-state index contributed by atoms with van der Waals surface area (Å²) < 4.78 is 0. The summed E-state index contributed by atoms with van der Waals surface area (Å²) in [5, 5.41) is 0. The lowest BCUT2D eigenvalue weighted by molar-refractivity contribution is -0.138. The van der Waals surface area contributed by atoms with Gasteiger partial charge in [-0.2, -0.15) is 54.0 Å². The van der Waals surface area contributed by atoms with Crippen molar-refractivity contribution < 1.29 is 9.59 Å². The van der Waals surface area contributed by atoms with Crippen molar-refractivity contribution in [1.82, 2.24) is 29.7 Å². The monoisotopic (exact) mass is 780 g/mol. The number of amides is 2. The largest absolute Gasteiger partial charge is 0.340 e. The van der Waals surface area contributed by atoms with Gasteiger partial charge < -0.3 is 19.8 Å². The number of aromatic amines is 2. The van der Waals surface area contributed by atoms with Gasteiger partial charge in [-0.1, -0.05) is 65.5 Å². The number of H-pyrrole nitrogens is 2. The molecule has 3 aliphatic rings. The molecule has 1 spiro atoms. The molecular weight excluding hydrogens is 725 g/mol. The summed E-state index contributed by atoms with van der Waals surface area (Å²) in [7, 11) is 0. The van der Waals surface area contributed by atoms with Gasteiger partial charge in [-0.05, 0) is 85.3 Å². The van der Waals surface area contributed by atoms with Crippen LogP contribution in [-0.4, -0.2) is 54.6 Å². The number of benzene rings is 2. The maximum atomic E-state index is 13.5. The number of hydrogen-bond acceptors (Lipinski definition) is 4. The average Bonchev–Trinajstić information content (AvgIpc) is 3.57. The Morgan fingerprint density at radius 3 is 2.04 bits per heavy atom. The van der Waals surface area contributed by atoms with Gasteiger partial charge in [-0.25, -0.2) is 9.97 Å². The van der Waals surface area contributed by atoms with Gasteiger partial charge in [0.2, 0.25) is 11.8 Å². The molecule has 7 rings (SSSR count). The standard InChI is InChI=1S/C40H48N6O2.4H2S/c1-24(2)26(5)38(47)45-19-7-8-34(45)36-41-22-33(44-36)30-14-11-28(12-15-30)9-10-29-13-16-31-32(20-29)43-37(42-31)35-21-40(17-18-40)23-46(35)39(48)27(6)25(3)4;;;;/h11-16,20,22,24-27,34-35H,7-8,17-19,21,23H2,1-6H3,(H,41,44)(H,42,43);4*1H2/t26-,27-,34-,35-;;;;/m0..../s1. The number of fused-ring (bicyclic) bond motifs is 1. The molecule has 52 heavy (non-hydrogen) atoms. The minimum absolute atomic E-state index is 0. The summed E-state index contributed by atoms with van der Waals surface area (Å²) in [6.07, 6.45) is 7.19. The van der Waals surface area contributed by atoms with E-state index in [1.807, 2.05) is 42.3 Å². The Labute approximate surface area is 336 Å². The molecule has 8 nitrogen and oxygen atoms in total. The number of rotatable bonds is 7. The van der Waals surface area contributed by atoms with Crippen LogP contribution in [0.3, 0.4) is 0 Å². The second-order valence-corrected chi connectivity index (χ2v) is 15.3. The minimum atomic E-state index is -0.00284. The molecule has 4 heterocycles. The van der Waals surface area contributed by atoms with Gasteiger partial charge in [0.15, 0.2) is 0 Å². The number of imidazole rings is 2. The molecule has 1 saturated carbocycles. The van der Waals surface area contributed by atoms with Crippen LogP contribution in [0.2, 0.25) is 0 Å². The van der Waals surface area contributed by atoms with Gasteiger partial charge in [0, 0.05) is 36.1 Å². The maximum absolute atomic E-state index is 13.5. The molecule has 0 unspecified atom stereocenters. The number of nitrogens with zero attached hydrogens (tertiary/aromatic N) is 4. The van der Waals surface area contributed by atoms with Crippen LogP contribution in [0.25, 0.3) is 22.3 Å². The van der Waals surface area contributed by atoms with E-state index < -0.39 is 0 Å². The van der Waals surface area contributed by atoms with Crippen LogP contribution < -0.4 is 0 Å². The molecule has 4 atom stereocenters. The fourth-order valence-corrected chi connectivity index (χ4v) is 7.27. The van der Waals surface area contributed by atoms with E-state index in [9.17, 15) is 9.59 Å². The van der Waals surface area contributed by atoms with Crippen molar-refractivity contribution in [3.05, 3.63) is 71.4 Å². The molecule has 0 bridgehead atoms. The molecule has 2 aromatic heterocycles. The van der Waals surface area contributed by atoms with Crippen molar-refractivity contribution >= 4 is 76.8 Å².